The Morgan fingerprint density at radius 1 is 1.22 bits per heavy atom. The lowest BCUT2D eigenvalue weighted by molar-refractivity contribution is 0.278. The first-order chi connectivity index (χ1) is 8.28. The molecule has 0 amide bonds. The Morgan fingerprint density at radius 2 is 1.78 bits per heavy atom. The third-order valence-electron chi connectivity index (χ3n) is 3.94. The lowest BCUT2D eigenvalue weighted by Crippen LogP contribution is -2.41. The lowest BCUT2D eigenvalue weighted by Gasteiger charge is -2.37. The molecule has 0 saturated heterocycles. The molecule has 0 heterocycles. The molecule has 0 saturated carbocycles. The first-order valence-electron chi connectivity index (χ1n) is 6.59. The number of rotatable bonds is 5. The summed E-state index contributed by atoms with van der Waals surface area (Å²) >= 11 is 0. The Morgan fingerprint density at radius 3 is 2.22 bits per heavy atom. The van der Waals surface area contributed by atoms with Crippen LogP contribution in [0, 0.1) is 0 Å². The molecule has 1 aromatic carbocycles. The van der Waals surface area contributed by atoms with Crippen molar-refractivity contribution < 1.29 is 4.43 Å². The minimum atomic E-state index is -1.66. The van der Waals surface area contributed by atoms with E-state index in [0.29, 0.717) is 5.92 Å². The fraction of sp³-hybridized carbons (Fsp3) is 0.500. The first-order valence-corrected chi connectivity index (χ1v) is 9.50. The van der Waals surface area contributed by atoms with Gasteiger partial charge in [-0.25, -0.2) is 0 Å². The normalized spacial score (nSPS) is 14.3. The Labute approximate surface area is 113 Å². The van der Waals surface area contributed by atoms with Gasteiger partial charge in [0.15, 0.2) is 8.32 Å². The summed E-state index contributed by atoms with van der Waals surface area (Å²) in [5, 5.41) is 0.259. The largest absolute Gasteiger partial charge is 0.416 e. The molecule has 0 bridgehead atoms. The zero-order valence-corrected chi connectivity index (χ0v) is 13.4. The number of hydrogen-bond donors (Lipinski definition) is 0. The van der Waals surface area contributed by atoms with Gasteiger partial charge >= 0.3 is 0 Å². The smallest absolute Gasteiger partial charge is 0.192 e. The first kappa shape index (κ1) is 15.2. The summed E-state index contributed by atoms with van der Waals surface area (Å²) in [6, 6.07) is 10.5. The van der Waals surface area contributed by atoms with Crippen molar-refractivity contribution in [1.82, 2.24) is 0 Å². The van der Waals surface area contributed by atoms with Gasteiger partial charge in [0.2, 0.25) is 0 Å². The molecule has 0 aliphatic heterocycles. The fourth-order valence-corrected chi connectivity index (χ4v) is 2.54. The average molecular weight is 262 g/mol. The van der Waals surface area contributed by atoms with E-state index < -0.39 is 8.32 Å². The highest BCUT2D eigenvalue weighted by Gasteiger charge is 2.37. The molecule has 100 valence electrons. The summed E-state index contributed by atoms with van der Waals surface area (Å²) in [7, 11) is -1.66. The van der Waals surface area contributed by atoms with Gasteiger partial charge in [0.05, 0.1) is 0 Å². The molecule has 0 radical (unpaired) electrons. The van der Waals surface area contributed by atoms with Gasteiger partial charge in [-0.15, -0.1) is 6.58 Å². The van der Waals surface area contributed by atoms with Crippen LogP contribution < -0.4 is 0 Å². The highest BCUT2D eigenvalue weighted by Crippen LogP contribution is 2.37. The predicted octanol–water partition coefficient (Wildman–Crippen LogP) is 4.98. The molecule has 1 atom stereocenters. The van der Waals surface area contributed by atoms with Gasteiger partial charge in [-0.1, -0.05) is 57.2 Å². The molecule has 0 aliphatic carbocycles. The summed E-state index contributed by atoms with van der Waals surface area (Å²) in [5.41, 5.74) is 1.28. The number of hydrogen-bond acceptors (Lipinski definition) is 1. The molecule has 0 spiro atoms. The van der Waals surface area contributed by atoms with Crippen LogP contribution in [0.2, 0.25) is 18.1 Å². The summed E-state index contributed by atoms with van der Waals surface area (Å²) in [6.07, 6.45) is 1.99. The molecule has 2 heteroatoms. The van der Waals surface area contributed by atoms with Crippen molar-refractivity contribution in [3.63, 3.8) is 0 Å². The van der Waals surface area contributed by atoms with Crippen molar-refractivity contribution >= 4 is 8.32 Å². The van der Waals surface area contributed by atoms with Gasteiger partial charge in [0, 0.05) is 12.5 Å². The van der Waals surface area contributed by atoms with Crippen molar-refractivity contribution in [2.45, 2.75) is 44.8 Å². The Kier molecular flexibility index (Phi) is 4.94. The topological polar surface area (TPSA) is 9.23 Å². The zero-order valence-electron chi connectivity index (χ0n) is 12.4. The second-order valence-electron chi connectivity index (χ2n) is 6.32. The van der Waals surface area contributed by atoms with Crippen LogP contribution in [-0.4, -0.2) is 14.9 Å². The van der Waals surface area contributed by atoms with Crippen LogP contribution in [0.1, 0.15) is 32.3 Å². The Hall–Kier alpha value is -0.863. The maximum absolute atomic E-state index is 6.27. The van der Waals surface area contributed by atoms with E-state index in [1.54, 1.807) is 0 Å². The average Bonchev–Trinajstić information content (AvgIpc) is 2.29. The van der Waals surface area contributed by atoms with Crippen molar-refractivity contribution in [3.8, 4) is 0 Å². The summed E-state index contributed by atoms with van der Waals surface area (Å²) < 4.78 is 6.27. The van der Waals surface area contributed by atoms with Crippen LogP contribution >= 0.6 is 0 Å². The van der Waals surface area contributed by atoms with Crippen LogP contribution in [0.25, 0.3) is 0 Å². The lowest BCUT2D eigenvalue weighted by atomic mass is 10.0. The van der Waals surface area contributed by atoms with E-state index in [1.165, 1.54) is 5.56 Å². The molecule has 0 fully saturated rings. The minimum absolute atomic E-state index is 0.259. The van der Waals surface area contributed by atoms with E-state index in [-0.39, 0.29) is 5.04 Å². The molecule has 0 aliphatic rings. The van der Waals surface area contributed by atoms with Gasteiger partial charge in [0.1, 0.15) is 0 Å². The van der Waals surface area contributed by atoms with E-state index in [0.717, 1.165) is 6.61 Å². The molecular weight excluding hydrogens is 236 g/mol. The molecule has 18 heavy (non-hydrogen) atoms. The second-order valence-corrected chi connectivity index (χ2v) is 11.1. The summed E-state index contributed by atoms with van der Waals surface area (Å²) in [5.74, 6) is 0.292. The van der Waals surface area contributed by atoms with Gasteiger partial charge in [-0.05, 0) is 23.7 Å². The van der Waals surface area contributed by atoms with Gasteiger partial charge in [-0.2, -0.15) is 0 Å². The predicted molar refractivity (Wildman–Crippen MR) is 82.5 cm³/mol. The maximum atomic E-state index is 6.27. The van der Waals surface area contributed by atoms with Gasteiger partial charge < -0.3 is 4.43 Å². The van der Waals surface area contributed by atoms with Crippen LogP contribution in [0.5, 0.6) is 0 Å². The second kappa shape index (κ2) is 5.85. The third-order valence-corrected chi connectivity index (χ3v) is 8.44. The van der Waals surface area contributed by atoms with Crippen molar-refractivity contribution in [1.29, 1.82) is 0 Å². The molecule has 1 aromatic rings. The van der Waals surface area contributed by atoms with Crippen molar-refractivity contribution in [3.05, 3.63) is 48.6 Å². The SMILES string of the molecule is C=CC(CO[Si](C)(C)C(C)(C)C)c1ccccc1. The Bertz CT molecular complexity index is 376. The molecule has 0 aromatic heterocycles. The highest BCUT2D eigenvalue weighted by molar-refractivity contribution is 6.74. The molecule has 1 rings (SSSR count). The van der Waals surface area contributed by atoms with Crippen LogP contribution in [0.4, 0.5) is 0 Å². The van der Waals surface area contributed by atoms with Crippen LogP contribution in [0.15, 0.2) is 43.0 Å². The standard InChI is InChI=1S/C16H26OSi/c1-7-14(15-11-9-8-10-12-15)13-17-18(5,6)16(2,3)4/h7-12,14H,1,13H2,2-6H3. The molecule has 0 N–H and O–H groups in total. The minimum Gasteiger partial charge on any atom is -0.416 e. The summed E-state index contributed by atoms with van der Waals surface area (Å²) in [4.78, 5) is 0. The third kappa shape index (κ3) is 3.82. The van der Waals surface area contributed by atoms with E-state index in [9.17, 15) is 0 Å². The van der Waals surface area contributed by atoms with Gasteiger partial charge in [-0.3, -0.25) is 0 Å². The van der Waals surface area contributed by atoms with Crippen LogP contribution in [0.3, 0.4) is 0 Å². The zero-order chi connectivity index (χ0) is 13.8. The summed E-state index contributed by atoms with van der Waals surface area (Å²) in [6.45, 7) is 16.1. The maximum Gasteiger partial charge on any atom is 0.192 e. The molecule has 1 unspecified atom stereocenters. The molecule has 1 nitrogen and oxygen atoms in total. The number of benzene rings is 1. The Balaban J connectivity index is 2.70. The van der Waals surface area contributed by atoms with Crippen molar-refractivity contribution in [2.24, 2.45) is 0 Å². The van der Waals surface area contributed by atoms with E-state index >= 15 is 0 Å². The highest BCUT2D eigenvalue weighted by atomic mass is 28.4. The molecular formula is C16H26OSi. The monoisotopic (exact) mass is 262 g/mol. The quantitative estimate of drug-likeness (QED) is 0.537. The van der Waals surface area contributed by atoms with E-state index in [4.69, 9.17) is 4.43 Å². The van der Waals surface area contributed by atoms with E-state index in [1.807, 2.05) is 12.1 Å². The fourth-order valence-electron chi connectivity index (χ4n) is 1.52. The van der Waals surface area contributed by atoms with Crippen molar-refractivity contribution in [2.75, 3.05) is 6.61 Å². The van der Waals surface area contributed by atoms with E-state index in [2.05, 4.69) is 64.7 Å². The van der Waals surface area contributed by atoms with Gasteiger partial charge in [0.25, 0.3) is 0 Å². The van der Waals surface area contributed by atoms with Crippen LogP contribution in [-0.2, 0) is 4.43 Å².